The largest absolute Gasteiger partial charge is 0.489 e. The van der Waals surface area contributed by atoms with E-state index < -0.39 is 27.7 Å². The first-order valence-electron chi connectivity index (χ1n) is 11.2. The summed E-state index contributed by atoms with van der Waals surface area (Å²) in [5.41, 5.74) is 4.50. The molecule has 1 amide bonds. The van der Waals surface area contributed by atoms with E-state index in [1.807, 2.05) is 42.2 Å². The third-order valence-corrected chi connectivity index (χ3v) is 8.17. The Morgan fingerprint density at radius 2 is 1.94 bits per heavy atom. The van der Waals surface area contributed by atoms with E-state index >= 15 is 0 Å². The van der Waals surface area contributed by atoms with Crippen LogP contribution in [0.5, 0.6) is 5.75 Å². The van der Waals surface area contributed by atoms with Gasteiger partial charge in [-0.3, -0.25) is 15.0 Å². The first-order valence-corrected chi connectivity index (χ1v) is 12.9. The summed E-state index contributed by atoms with van der Waals surface area (Å²) in [6.45, 7) is 2.97. The summed E-state index contributed by atoms with van der Waals surface area (Å²) < 4.78 is 32.2. The van der Waals surface area contributed by atoms with E-state index in [2.05, 4.69) is 4.98 Å². The van der Waals surface area contributed by atoms with Crippen LogP contribution in [-0.4, -0.2) is 54.8 Å². The van der Waals surface area contributed by atoms with Crippen LogP contribution in [0.15, 0.2) is 59.5 Å². The number of piperidine rings is 1. The van der Waals surface area contributed by atoms with Crippen molar-refractivity contribution < 1.29 is 23.2 Å². The summed E-state index contributed by atoms with van der Waals surface area (Å²) >= 11 is 0. The van der Waals surface area contributed by atoms with Crippen LogP contribution in [0.25, 0.3) is 10.9 Å². The highest BCUT2D eigenvalue weighted by Crippen LogP contribution is 2.27. The molecule has 0 saturated carbocycles. The van der Waals surface area contributed by atoms with Gasteiger partial charge in [-0.25, -0.2) is 13.9 Å². The van der Waals surface area contributed by atoms with Gasteiger partial charge in [0.2, 0.25) is 5.91 Å². The van der Waals surface area contributed by atoms with Crippen molar-refractivity contribution in [1.82, 2.24) is 15.4 Å². The fraction of sp³-hybridized carbons (Fsp3) is 0.360. The quantitative estimate of drug-likeness (QED) is 0.393. The molecule has 1 fully saturated rings. The first-order chi connectivity index (χ1) is 16.3. The number of nitrogens with zero attached hydrogens (tertiary/aromatic N) is 2. The number of nitrogens with one attached hydrogen (secondary N) is 1. The van der Waals surface area contributed by atoms with Gasteiger partial charge in [0, 0.05) is 22.7 Å². The number of pyridine rings is 1. The molecule has 1 saturated heterocycles. The number of sulfone groups is 1. The second kappa shape index (κ2) is 10.1. The molecule has 2 atom stereocenters. The zero-order valence-electron chi connectivity index (χ0n) is 19.3. The molecule has 2 heterocycles. The van der Waals surface area contributed by atoms with Crippen LogP contribution < -0.4 is 10.2 Å². The fourth-order valence-corrected chi connectivity index (χ4v) is 6.28. The third kappa shape index (κ3) is 5.22. The van der Waals surface area contributed by atoms with Crippen LogP contribution in [0.2, 0.25) is 0 Å². The average Bonchev–Trinajstić information content (AvgIpc) is 2.83. The van der Waals surface area contributed by atoms with Gasteiger partial charge in [-0.2, -0.15) is 0 Å². The number of amides is 1. The number of rotatable bonds is 7. The van der Waals surface area contributed by atoms with E-state index in [0.29, 0.717) is 25.3 Å². The normalized spacial score (nSPS) is 19.1. The zero-order chi connectivity index (χ0) is 24.3. The van der Waals surface area contributed by atoms with Crippen LogP contribution in [0.4, 0.5) is 0 Å². The van der Waals surface area contributed by atoms with E-state index in [0.717, 1.165) is 28.6 Å². The Hall–Kier alpha value is -3.01. The van der Waals surface area contributed by atoms with Crippen molar-refractivity contribution in [3.8, 4) is 5.75 Å². The molecular weight excluding hydrogens is 454 g/mol. The lowest BCUT2D eigenvalue weighted by atomic mass is 9.90. The third-order valence-electron chi connectivity index (χ3n) is 6.40. The Morgan fingerprint density at radius 3 is 2.68 bits per heavy atom. The highest BCUT2D eigenvalue weighted by molar-refractivity contribution is 7.91. The summed E-state index contributed by atoms with van der Waals surface area (Å²) in [5, 5.41) is 10.1. The van der Waals surface area contributed by atoms with Gasteiger partial charge in [0.1, 0.15) is 12.4 Å². The van der Waals surface area contributed by atoms with Crippen molar-refractivity contribution in [2.45, 2.75) is 37.3 Å². The Morgan fingerprint density at radius 1 is 1.21 bits per heavy atom. The first kappa shape index (κ1) is 24.1. The van der Waals surface area contributed by atoms with E-state index in [-0.39, 0.29) is 10.6 Å². The Labute approximate surface area is 199 Å². The number of aromatic nitrogens is 1. The van der Waals surface area contributed by atoms with E-state index in [9.17, 15) is 13.2 Å². The lowest BCUT2D eigenvalue weighted by molar-refractivity contribution is -0.136. The maximum atomic E-state index is 13.1. The molecule has 3 aromatic rings. The van der Waals surface area contributed by atoms with Gasteiger partial charge in [0.05, 0.1) is 22.1 Å². The minimum absolute atomic E-state index is 0.173. The van der Waals surface area contributed by atoms with Crippen LogP contribution in [0.3, 0.4) is 0 Å². The molecule has 2 unspecified atom stereocenters. The summed E-state index contributed by atoms with van der Waals surface area (Å²) in [6.07, 6.45) is 1.30. The maximum Gasteiger partial charge on any atom is 0.248 e. The van der Waals surface area contributed by atoms with E-state index in [1.54, 1.807) is 24.7 Å². The molecule has 9 heteroatoms. The fourth-order valence-electron chi connectivity index (χ4n) is 4.60. The number of hydroxylamine groups is 1. The summed E-state index contributed by atoms with van der Waals surface area (Å²) in [7, 11) is -1.85. The van der Waals surface area contributed by atoms with Crippen molar-refractivity contribution in [1.29, 1.82) is 0 Å². The predicted octanol–water partition coefficient (Wildman–Crippen LogP) is 3.11. The van der Waals surface area contributed by atoms with Gasteiger partial charge in [0.25, 0.3) is 0 Å². The summed E-state index contributed by atoms with van der Waals surface area (Å²) in [5.74, 6) is -0.775. The molecule has 4 rings (SSSR count). The molecule has 0 bridgehead atoms. The number of para-hydroxylation sites is 1. The van der Waals surface area contributed by atoms with Crippen molar-refractivity contribution in [2.24, 2.45) is 5.92 Å². The molecule has 2 aromatic carbocycles. The highest BCUT2D eigenvalue weighted by Gasteiger charge is 2.37. The van der Waals surface area contributed by atoms with Crippen LogP contribution >= 0.6 is 0 Å². The lowest BCUT2D eigenvalue weighted by Crippen LogP contribution is -2.51. The molecule has 1 aromatic heterocycles. The second-order valence-electron chi connectivity index (χ2n) is 8.75. The molecule has 2 N–H and O–H groups in total. The number of likely N-dealkylation sites (tertiary alicyclic amines) is 1. The van der Waals surface area contributed by atoms with Crippen molar-refractivity contribution in [2.75, 3.05) is 19.3 Å². The van der Waals surface area contributed by atoms with Crippen LogP contribution in [0, 0.1) is 12.8 Å². The Balaban J connectivity index is 1.47. The molecular formula is C25H29N3O5S. The van der Waals surface area contributed by atoms with Gasteiger partial charge in [0.15, 0.2) is 9.84 Å². The van der Waals surface area contributed by atoms with Gasteiger partial charge >= 0.3 is 0 Å². The van der Waals surface area contributed by atoms with E-state index in [1.165, 1.54) is 12.1 Å². The Bertz CT molecular complexity index is 1280. The van der Waals surface area contributed by atoms with E-state index in [4.69, 9.17) is 9.94 Å². The Kier molecular flexibility index (Phi) is 7.16. The second-order valence-corrected chi connectivity index (χ2v) is 10.8. The van der Waals surface area contributed by atoms with Crippen LogP contribution in [-0.2, 0) is 21.2 Å². The number of benzene rings is 2. The molecule has 0 aliphatic carbocycles. The van der Waals surface area contributed by atoms with Crippen LogP contribution in [0.1, 0.15) is 24.1 Å². The van der Waals surface area contributed by atoms with Crippen molar-refractivity contribution in [3.63, 3.8) is 0 Å². The number of hydrogen-bond donors (Lipinski definition) is 2. The average molecular weight is 484 g/mol. The maximum absolute atomic E-state index is 13.1. The van der Waals surface area contributed by atoms with Crippen molar-refractivity contribution >= 4 is 26.6 Å². The summed E-state index contributed by atoms with van der Waals surface area (Å²) in [6, 6.07) is 15.7. The zero-order valence-corrected chi connectivity index (χ0v) is 20.1. The number of carbonyl (C=O) groups is 1. The number of carbonyl (C=O) groups excluding carboxylic acids is 1. The number of fused-ring (bicyclic) bond motifs is 1. The topological polar surface area (TPSA) is 109 Å². The van der Waals surface area contributed by atoms with Gasteiger partial charge in [-0.05, 0) is 69.8 Å². The van der Waals surface area contributed by atoms with Gasteiger partial charge < -0.3 is 9.64 Å². The molecule has 34 heavy (non-hydrogen) atoms. The van der Waals surface area contributed by atoms with Gasteiger partial charge in [-0.1, -0.05) is 18.2 Å². The summed E-state index contributed by atoms with van der Waals surface area (Å²) in [4.78, 5) is 18.7. The number of ether oxygens (including phenoxy) is 1. The minimum atomic E-state index is -3.65. The number of aryl methyl sites for hydroxylation is 1. The smallest absolute Gasteiger partial charge is 0.248 e. The van der Waals surface area contributed by atoms with Crippen molar-refractivity contribution in [3.05, 3.63) is 65.9 Å². The molecule has 1 aliphatic rings. The molecule has 1 aliphatic heterocycles. The standard InChI is InChI=1S/C25H29N3O5S/c1-17-14-18(21-6-3-4-8-23(21)26-17)15-33-19-9-11-20(12-10-19)34(31,32)16-24-22(25(29)27-30)7-5-13-28(24)2/h3-4,6,8-12,14,22,24,30H,5,7,13,15-16H2,1-2H3,(H,27,29). The molecule has 8 nitrogen and oxygen atoms in total. The lowest BCUT2D eigenvalue weighted by Gasteiger charge is -2.37. The minimum Gasteiger partial charge on any atom is -0.489 e. The SMILES string of the molecule is Cc1cc(COc2ccc(S(=O)(=O)CC3C(C(=O)NO)CCCN3C)cc2)c2ccccc2n1. The monoisotopic (exact) mass is 483 g/mol. The molecule has 0 spiro atoms. The molecule has 180 valence electrons. The molecule has 0 radical (unpaired) electrons. The predicted molar refractivity (Wildman–Crippen MR) is 128 cm³/mol. The number of hydrogen-bond acceptors (Lipinski definition) is 7. The highest BCUT2D eigenvalue weighted by atomic mass is 32.2. The van der Waals surface area contributed by atoms with Gasteiger partial charge in [-0.15, -0.1) is 0 Å².